The van der Waals surface area contributed by atoms with Gasteiger partial charge >= 0.3 is 0 Å². The number of benzene rings is 1. The molecule has 7 heteroatoms. The summed E-state index contributed by atoms with van der Waals surface area (Å²) in [6.45, 7) is 0.517. The summed E-state index contributed by atoms with van der Waals surface area (Å²) in [5, 5.41) is 7.23. The topological polar surface area (TPSA) is 63.0 Å². The van der Waals surface area contributed by atoms with Crippen molar-refractivity contribution >= 4 is 40.7 Å². The average molecular weight is 335 g/mol. The minimum absolute atomic E-state index is 0.483. The maximum Gasteiger partial charge on any atom is 0.224 e. The van der Waals surface area contributed by atoms with Crippen molar-refractivity contribution in [2.45, 2.75) is 6.54 Å². The van der Waals surface area contributed by atoms with Crippen LogP contribution in [0.2, 0.25) is 10.0 Å². The Bertz CT molecular complexity index is 762. The predicted octanol–water partition coefficient (Wildman–Crippen LogP) is 4.73. The number of aromatic nitrogens is 2. The van der Waals surface area contributed by atoms with E-state index in [9.17, 15) is 0 Å². The van der Waals surface area contributed by atoms with Crippen molar-refractivity contribution in [3.8, 4) is 0 Å². The number of halogens is 2. The molecule has 0 radical (unpaired) electrons. The first-order chi connectivity index (χ1) is 10.7. The van der Waals surface area contributed by atoms with Crippen LogP contribution >= 0.6 is 23.2 Å². The van der Waals surface area contributed by atoms with Gasteiger partial charge in [-0.2, -0.15) is 4.98 Å². The summed E-state index contributed by atoms with van der Waals surface area (Å²) in [5.74, 6) is 1.96. The summed E-state index contributed by atoms with van der Waals surface area (Å²) in [5.41, 5.74) is 0.796. The van der Waals surface area contributed by atoms with Crippen molar-refractivity contribution in [3.05, 3.63) is 64.7 Å². The van der Waals surface area contributed by atoms with Gasteiger partial charge in [0.15, 0.2) is 0 Å². The first-order valence-corrected chi connectivity index (χ1v) is 7.28. The van der Waals surface area contributed by atoms with Crippen LogP contribution in [0.15, 0.2) is 53.3 Å². The molecular weight excluding hydrogens is 323 g/mol. The lowest BCUT2D eigenvalue weighted by molar-refractivity contribution is 0.517. The summed E-state index contributed by atoms with van der Waals surface area (Å²) in [7, 11) is 0. The van der Waals surface area contributed by atoms with Gasteiger partial charge in [-0.1, -0.05) is 23.2 Å². The molecule has 0 aliphatic heterocycles. The molecule has 1 aromatic carbocycles. The van der Waals surface area contributed by atoms with E-state index in [-0.39, 0.29) is 0 Å². The molecule has 22 heavy (non-hydrogen) atoms. The zero-order valence-electron chi connectivity index (χ0n) is 11.4. The second-order valence-corrected chi connectivity index (χ2v) is 5.27. The van der Waals surface area contributed by atoms with Crippen LogP contribution in [0, 0.1) is 0 Å². The number of nitrogens with zero attached hydrogens (tertiary/aromatic N) is 2. The van der Waals surface area contributed by atoms with Crippen molar-refractivity contribution in [1.29, 1.82) is 0 Å². The Labute approximate surface area is 137 Å². The Hall–Kier alpha value is -2.24. The molecule has 0 spiro atoms. The number of anilines is 3. The van der Waals surface area contributed by atoms with Crippen molar-refractivity contribution in [1.82, 2.24) is 9.97 Å². The van der Waals surface area contributed by atoms with Crippen LogP contribution < -0.4 is 10.6 Å². The minimum Gasteiger partial charge on any atom is -0.467 e. The summed E-state index contributed by atoms with van der Waals surface area (Å²) in [6.07, 6.45) is 3.29. The SMILES string of the molecule is Clc1ccc(Nc2ccnc(NCc3ccco3)n2)cc1Cl. The number of nitrogens with one attached hydrogen (secondary N) is 2. The van der Waals surface area contributed by atoms with Gasteiger partial charge in [-0.15, -0.1) is 0 Å². The van der Waals surface area contributed by atoms with E-state index >= 15 is 0 Å². The zero-order valence-corrected chi connectivity index (χ0v) is 12.9. The fourth-order valence-electron chi connectivity index (χ4n) is 1.81. The smallest absolute Gasteiger partial charge is 0.224 e. The Morgan fingerprint density at radius 2 is 2.00 bits per heavy atom. The Morgan fingerprint density at radius 1 is 1.09 bits per heavy atom. The number of rotatable bonds is 5. The monoisotopic (exact) mass is 334 g/mol. The highest BCUT2D eigenvalue weighted by atomic mass is 35.5. The van der Waals surface area contributed by atoms with Gasteiger partial charge in [-0.3, -0.25) is 0 Å². The van der Waals surface area contributed by atoms with Crippen molar-refractivity contribution < 1.29 is 4.42 Å². The molecule has 0 unspecified atom stereocenters. The van der Waals surface area contributed by atoms with Gasteiger partial charge in [-0.25, -0.2) is 4.98 Å². The fraction of sp³-hybridized carbons (Fsp3) is 0.0667. The second-order valence-electron chi connectivity index (χ2n) is 4.45. The summed E-state index contributed by atoms with van der Waals surface area (Å²) in [6, 6.07) is 10.8. The first-order valence-electron chi connectivity index (χ1n) is 6.52. The van der Waals surface area contributed by atoms with Gasteiger partial charge in [0, 0.05) is 11.9 Å². The van der Waals surface area contributed by atoms with Crippen LogP contribution in [0.3, 0.4) is 0 Å². The van der Waals surface area contributed by atoms with Gasteiger partial charge in [0.2, 0.25) is 5.95 Å². The maximum absolute atomic E-state index is 5.99. The molecule has 0 amide bonds. The zero-order chi connectivity index (χ0) is 15.4. The van der Waals surface area contributed by atoms with Crippen LogP contribution in [0.25, 0.3) is 0 Å². The first kappa shape index (κ1) is 14.7. The minimum atomic E-state index is 0.483. The van der Waals surface area contributed by atoms with E-state index in [1.807, 2.05) is 18.2 Å². The van der Waals surface area contributed by atoms with E-state index in [4.69, 9.17) is 27.6 Å². The van der Waals surface area contributed by atoms with E-state index in [0.29, 0.717) is 28.4 Å². The van der Waals surface area contributed by atoms with Gasteiger partial charge in [0.25, 0.3) is 0 Å². The third-order valence-electron chi connectivity index (χ3n) is 2.85. The van der Waals surface area contributed by atoms with Gasteiger partial charge in [0.1, 0.15) is 11.6 Å². The van der Waals surface area contributed by atoms with Crippen molar-refractivity contribution in [2.24, 2.45) is 0 Å². The molecule has 2 N–H and O–H groups in total. The fourth-order valence-corrected chi connectivity index (χ4v) is 2.11. The van der Waals surface area contributed by atoms with Crippen LogP contribution in [0.4, 0.5) is 17.5 Å². The lowest BCUT2D eigenvalue weighted by Crippen LogP contribution is -2.04. The van der Waals surface area contributed by atoms with Crippen molar-refractivity contribution in [3.63, 3.8) is 0 Å². The Kier molecular flexibility index (Phi) is 4.46. The van der Waals surface area contributed by atoms with Gasteiger partial charge in [-0.05, 0) is 36.4 Å². The maximum atomic E-state index is 5.99. The molecule has 0 saturated carbocycles. The normalized spacial score (nSPS) is 10.5. The molecule has 0 atom stereocenters. The summed E-state index contributed by atoms with van der Waals surface area (Å²) >= 11 is 11.9. The molecule has 2 heterocycles. The number of hydrogen-bond acceptors (Lipinski definition) is 5. The molecule has 3 aromatic rings. The average Bonchev–Trinajstić information content (AvgIpc) is 3.03. The molecule has 5 nitrogen and oxygen atoms in total. The van der Waals surface area contributed by atoms with E-state index in [0.717, 1.165) is 11.4 Å². The molecule has 112 valence electrons. The molecule has 3 rings (SSSR count). The predicted molar refractivity (Wildman–Crippen MR) is 87.8 cm³/mol. The summed E-state index contributed by atoms with van der Waals surface area (Å²) < 4.78 is 5.24. The third kappa shape index (κ3) is 3.69. The number of furan rings is 1. The molecule has 0 saturated heterocycles. The Morgan fingerprint density at radius 3 is 2.77 bits per heavy atom. The number of hydrogen-bond donors (Lipinski definition) is 2. The highest BCUT2D eigenvalue weighted by molar-refractivity contribution is 6.42. The molecule has 0 aliphatic carbocycles. The van der Waals surface area contributed by atoms with E-state index in [1.165, 1.54) is 0 Å². The second kappa shape index (κ2) is 6.68. The lowest BCUT2D eigenvalue weighted by atomic mass is 10.3. The highest BCUT2D eigenvalue weighted by Crippen LogP contribution is 2.26. The van der Waals surface area contributed by atoms with Crippen LogP contribution in [-0.4, -0.2) is 9.97 Å². The molecule has 2 aromatic heterocycles. The lowest BCUT2D eigenvalue weighted by Gasteiger charge is -2.08. The quantitative estimate of drug-likeness (QED) is 0.706. The van der Waals surface area contributed by atoms with E-state index < -0.39 is 0 Å². The van der Waals surface area contributed by atoms with Crippen molar-refractivity contribution in [2.75, 3.05) is 10.6 Å². The standard InChI is InChI=1S/C15H12Cl2N4O/c16-12-4-3-10(8-13(12)17)20-14-5-6-18-15(21-14)19-9-11-2-1-7-22-11/h1-8H,9H2,(H2,18,19,20,21). The molecule has 0 bridgehead atoms. The highest BCUT2D eigenvalue weighted by Gasteiger charge is 2.03. The molecular formula is C15H12Cl2N4O. The third-order valence-corrected chi connectivity index (χ3v) is 3.59. The van der Waals surface area contributed by atoms with Gasteiger partial charge in [0.05, 0.1) is 22.9 Å². The van der Waals surface area contributed by atoms with Crippen LogP contribution in [0.1, 0.15) is 5.76 Å². The largest absolute Gasteiger partial charge is 0.467 e. The van der Waals surface area contributed by atoms with Crippen LogP contribution in [-0.2, 0) is 6.54 Å². The van der Waals surface area contributed by atoms with Gasteiger partial charge < -0.3 is 15.1 Å². The summed E-state index contributed by atoms with van der Waals surface area (Å²) in [4.78, 5) is 8.53. The molecule has 0 fully saturated rings. The Balaban J connectivity index is 1.69. The van der Waals surface area contributed by atoms with Crippen LogP contribution in [0.5, 0.6) is 0 Å². The molecule has 0 aliphatic rings. The van der Waals surface area contributed by atoms with E-state index in [2.05, 4.69) is 20.6 Å². The van der Waals surface area contributed by atoms with E-state index in [1.54, 1.807) is 30.7 Å².